The van der Waals surface area contributed by atoms with Crippen LogP contribution >= 0.6 is 11.3 Å². The highest BCUT2D eigenvalue weighted by atomic mass is 32.1. The Hall–Kier alpha value is -2.66. The summed E-state index contributed by atoms with van der Waals surface area (Å²) in [6.45, 7) is 3.94. The topological polar surface area (TPSA) is 57.8 Å². The maximum atomic E-state index is 12.7. The number of amides is 1. The molecule has 1 atom stereocenters. The number of aryl methyl sites for hydroxylation is 1. The Kier molecular flexibility index (Phi) is 3.58. The molecule has 0 spiro atoms. The zero-order valence-electron chi connectivity index (χ0n) is 13.5. The molecule has 0 aliphatic carbocycles. The number of fused-ring (bicyclic) bond motifs is 2. The van der Waals surface area contributed by atoms with Gasteiger partial charge in [0, 0.05) is 4.70 Å². The van der Waals surface area contributed by atoms with E-state index in [0.717, 1.165) is 37.4 Å². The summed E-state index contributed by atoms with van der Waals surface area (Å²) in [5, 5.41) is 4.20. The van der Waals surface area contributed by atoms with Crippen LogP contribution in [0.25, 0.3) is 21.1 Å². The van der Waals surface area contributed by atoms with Crippen LogP contribution in [0, 0.1) is 6.92 Å². The Morgan fingerprint density at radius 1 is 1.17 bits per heavy atom. The number of hydrogen-bond acceptors (Lipinski definition) is 3. The van der Waals surface area contributed by atoms with E-state index in [1.54, 1.807) is 0 Å². The van der Waals surface area contributed by atoms with Gasteiger partial charge in [-0.25, -0.2) is 4.98 Å². The summed E-state index contributed by atoms with van der Waals surface area (Å²) in [5.41, 5.74) is 2.92. The van der Waals surface area contributed by atoms with Crippen LogP contribution in [0.1, 0.15) is 34.0 Å². The van der Waals surface area contributed by atoms with E-state index in [1.165, 1.54) is 11.3 Å². The van der Waals surface area contributed by atoms with Gasteiger partial charge < -0.3 is 10.3 Å². The third-order valence-corrected chi connectivity index (χ3v) is 5.49. The second-order valence-corrected chi connectivity index (χ2v) is 6.94. The van der Waals surface area contributed by atoms with Gasteiger partial charge in [-0.2, -0.15) is 0 Å². The lowest BCUT2D eigenvalue weighted by Crippen LogP contribution is -2.27. The van der Waals surface area contributed by atoms with E-state index in [9.17, 15) is 4.79 Å². The van der Waals surface area contributed by atoms with Gasteiger partial charge in [-0.15, -0.1) is 11.3 Å². The number of aromatic amines is 1. The number of hydrogen-bond donors (Lipinski definition) is 2. The number of nitrogens with zero attached hydrogens (tertiary/aromatic N) is 1. The Balaban J connectivity index is 1.61. The van der Waals surface area contributed by atoms with Crippen LogP contribution in [0.4, 0.5) is 0 Å². The number of imidazole rings is 1. The summed E-state index contributed by atoms with van der Waals surface area (Å²) < 4.78 is 1.14. The minimum Gasteiger partial charge on any atom is -0.342 e. The lowest BCUT2D eigenvalue weighted by molar-refractivity contribution is 0.0942. The normalized spacial score (nSPS) is 12.6. The smallest absolute Gasteiger partial charge is 0.262 e. The molecule has 120 valence electrons. The van der Waals surface area contributed by atoms with Crippen LogP contribution in [0.5, 0.6) is 0 Å². The Bertz CT molecular complexity index is 1010. The average molecular weight is 335 g/mol. The molecular weight excluding hydrogens is 318 g/mol. The maximum absolute atomic E-state index is 12.7. The second kappa shape index (κ2) is 5.76. The van der Waals surface area contributed by atoms with E-state index in [2.05, 4.69) is 21.4 Å². The molecule has 0 saturated heterocycles. The Morgan fingerprint density at radius 2 is 1.92 bits per heavy atom. The number of para-hydroxylation sites is 2. The quantitative estimate of drug-likeness (QED) is 0.576. The van der Waals surface area contributed by atoms with Gasteiger partial charge in [-0.05, 0) is 43.0 Å². The summed E-state index contributed by atoms with van der Waals surface area (Å²) >= 11 is 1.53. The fourth-order valence-corrected chi connectivity index (χ4v) is 4.01. The Morgan fingerprint density at radius 3 is 2.71 bits per heavy atom. The molecule has 1 amide bonds. The van der Waals surface area contributed by atoms with Gasteiger partial charge >= 0.3 is 0 Å². The van der Waals surface area contributed by atoms with Gasteiger partial charge in [-0.1, -0.05) is 30.3 Å². The lowest BCUT2D eigenvalue weighted by Gasteiger charge is -2.11. The van der Waals surface area contributed by atoms with Gasteiger partial charge in [-0.3, -0.25) is 4.79 Å². The summed E-state index contributed by atoms with van der Waals surface area (Å²) in [6.07, 6.45) is 0. The molecule has 2 aromatic heterocycles. The standard InChI is InChI=1S/C19H17N3OS/c1-11-13-7-3-6-10-16(13)24-17(11)19(23)20-12(2)18-21-14-8-4-5-9-15(14)22-18/h3-10,12H,1-2H3,(H,20,23)(H,21,22). The number of nitrogens with one attached hydrogen (secondary N) is 2. The van der Waals surface area contributed by atoms with Crippen LogP contribution in [-0.4, -0.2) is 15.9 Å². The van der Waals surface area contributed by atoms with Crippen LogP contribution in [0.2, 0.25) is 0 Å². The summed E-state index contributed by atoms with van der Waals surface area (Å²) in [6, 6.07) is 15.8. The van der Waals surface area contributed by atoms with E-state index >= 15 is 0 Å². The zero-order valence-corrected chi connectivity index (χ0v) is 14.3. The molecule has 2 N–H and O–H groups in total. The molecule has 4 nitrogen and oxygen atoms in total. The van der Waals surface area contributed by atoms with Crippen LogP contribution in [0.15, 0.2) is 48.5 Å². The second-order valence-electron chi connectivity index (χ2n) is 5.89. The van der Waals surface area contributed by atoms with Crippen molar-refractivity contribution in [2.45, 2.75) is 19.9 Å². The van der Waals surface area contributed by atoms with Crippen molar-refractivity contribution in [3.63, 3.8) is 0 Å². The maximum Gasteiger partial charge on any atom is 0.262 e. The molecule has 24 heavy (non-hydrogen) atoms. The van der Waals surface area contributed by atoms with Crippen LogP contribution in [0.3, 0.4) is 0 Å². The molecule has 0 saturated carbocycles. The van der Waals surface area contributed by atoms with Crippen molar-refractivity contribution in [3.8, 4) is 0 Å². The number of carbonyl (C=O) groups excluding carboxylic acids is 1. The first kappa shape index (κ1) is 14.9. The molecule has 0 aliphatic heterocycles. The number of rotatable bonds is 3. The third-order valence-electron chi connectivity index (χ3n) is 4.22. The SMILES string of the molecule is Cc1c(C(=O)NC(C)c2nc3ccccc3[nH]2)sc2ccccc12. The minimum absolute atomic E-state index is 0.0540. The van der Waals surface area contributed by atoms with Crippen molar-refractivity contribution in [1.82, 2.24) is 15.3 Å². The van der Waals surface area contributed by atoms with E-state index < -0.39 is 0 Å². The van der Waals surface area contributed by atoms with E-state index in [4.69, 9.17) is 0 Å². The third kappa shape index (κ3) is 2.47. The minimum atomic E-state index is -0.186. The summed E-state index contributed by atoms with van der Waals surface area (Å²) in [4.78, 5) is 21.3. The van der Waals surface area contributed by atoms with Crippen molar-refractivity contribution in [3.05, 3.63) is 64.8 Å². The predicted octanol–water partition coefficient (Wildman–Crippen LogP) is 4.58. The first-order chi connectivity index (χ1) is 11.6. The van der Waals surface area contributed by atoms with Crippen molar-refractivity contribution < 1.29 is 4.79 Å². The zero-order chi connectivity index (χ0) is 16.7. The van der Waals surface area contributed by atoms with E-state index in [1.807, 2.05) is 56.3 Å². The largest absolute Gasteiger partial charge is 0.342 e. The van der Waals surface area contributed by atoms with Crippen molar-refractivity contribution in [2.24, 2.45) is 0 Å². The molecule has 5 heteroatoms. The highest BCUT2D eigenvalue weighted by Crippen LogP contribution is 2.30. The van der Waals surface area contributed by atoms with Gasteiger partial charge in [0.15, 0.2) is 0 Å². The highest BCUT2D eigenvalue weighted by Gasteiger charge is 2.19. The number of thiophene rings is 1. The first-order valence-electron chi connectivity index (χ1n) is 7.87. The lowest BCUT2D eigenvalue weighted by atomic mass is 10.1. The van der Waals surface area contributed by atoms with Gasteiger partial charge in [0.1, 0.15) is 5.82 Å². The molecule has 4 rings (SSSR count). The molecule has 0 radical (unpaired) electrons. The molecule has 2 heterocycles. The molecule has 0 aliphatic rings. The predicted molar refractivity (Wildman–Crippen MR) is 98.5 cm³/mol. The molecule has 1 unspecified atom stereocenters. The number of aromatic nitrogens is 2. The van der Waals surface area contributed by atoms with Crippen molar-refractivity contribution in [1.29, 1.82) is 0 Å². The summed E-state index contributed by atoms with van der Waals surface area (Å²) in [5.74, 6) is 0.713. The molecule has 0 fully saturated rings. The van der Waals surface area contributed by atoms with E-state index in [0.29, 0.717) is 0 Å². The molecule has 4 aromatic rings. The average Bonchev–Trinajstić information content (AvgIpc) is 3.17. The molecular formula is C19H17N3OS. The fraction of sp³-hybridized carbons (Fsp3) is 0.158. The fourth-order valence-electron chi connectivity index (χ4n) is 2.90. The first-order valence-corrected chi connectivity index (χ1v) is 8.69. The van der Waals surface area contributed by atoms with Gasteiger partial charge in [0.05, 0.1) is 22.0 Å². The van der Waals surface area contributed by atoms with E-state index in [-0.39, 0.29) is 11.9 Å². The van der Waals surface area contributed by atoms with Gasteiger partial charge in [0.25, 0.3) is 5.91 Å². The highest BCUT2D eigenvalue weighted by molar-refractivity contribution is 7.21. The van der Waals surface area contributed by atoms with Crippen molar-refractivity contribution >= 4 is 38.4 Å². The number of carbonyl (C=O) groups is 1. The van der Waals surface area contributed by atoms with Crippen LogP contribution in [-0.2, 0) is 0 Å². The molecule has 0 bridgehead atoms. The number of benzene rings is 2. The summed E-state index contributed by atoms with van der Waals surface area (Å²) in [7, 11) is 0. The number of H-pyrrole nitrogens is 1. The van der Waals surface area contributed by atoms with Crippen LogP contribution < -0.4 is 5.32 Å². The Labute approximate surface area is 143 Å². The van der Waals surface area contributed by atoms with Crippen molar-refractivity contribution in [2.75, 3.05) is 0 Å². The van der Waals surface area contributed by atoms with Gasteiger partial charge in [0.2, 0.25) is 0 Å². The molecule has 2 aromatic carbocycles. The monoisotopic (exact) mass is 335 g/mol.